The molecule has 0 aromatic heterocycles. The molecule has 0 saturated carbocycles. The molecule has 2 aromatic carbocycles. The van der Waals surface area contributed by atoms with Crippen LogP contribution in [0.15, 0.2) is 48.5 Å². The van der Waals surface area contributed by atoms with Gasteiger partial charge in [0.15, 0.2) is 0 Å². The number of halogens is 2. The zero-order chi connectivity index (χ0) is 17.1. The van der Waals surface area contributed by atoms with Crippen molar-refractivity contribution in [3.8, 4) is 0 Å². The first-order chi connectivity index (χ1) is 11.5. The number of amides is 1. The average Bonchev–Trinajstić information content (AvgIpc) is 3.05. The van der Waals surface area contributed by atoms with Crippen molar-refractivity contribution in [2.24, 2.45) is 5.92 Å². The van der Waals surface area contributed by atoms with E-state index in [2.05, 4.69) is 10.6 Å². The maximum atomic E-state index is 13.3. The summed E-state index contributed by atoms with van der Waals surface area (Å²) in [6, 6.07) is 13.7. The average molecular weight is 347 g/mol. The second-order valence-corrected chi connectivity index (χ2v) is 6.64. The van der Waals surface area contributed by atoms with Crippen molar-refractivity contribution in [2.75, 3.05) is 13.1 Å². The van der Waals surface area contributed by atoms with Gasteiger partial charge in [0.2, 0.25) is 5.91 Å². The van der Waals surface area contributed by atoms with Crippen LogP contribution in [0.4, 0.5) is 4.39 Å². The van der Waals surface area contributed by atoms with E-state index in [1.54, 1.807) is 6.07 Å². The molecular weight excluding hydrogens is 327 g/mol. The van der Waals surface area contributed by atoms with E-state index in [4.69, 9.17) is 11.6 Å². The third-order valence-corrected chi connectivity index (χ3v) is 4.81. The number of rotatable bonds is 4. The van der Waals surface area contributed by atoms with E-state index in [1.807, 2.05) is 37.3 Å². The van der Waals surface area contributed by atoms with E-state index >= 15 is 0 Å². The molecule has 0 aliphatic carbocycles. The molecule has 1 saturated heterocycles. The number of hydrogen-bond acceptors (Lipinski definition) is 2. The number of nitrogens with one attached hydrogen (secondary N) is 2. The van der Waals surface area contributed by atoms with Gasteiger partial charge >= 0.3 is 0 Å². The normalized spacial score (nSPS) is 21.5. The van der Waals surface area contributed by atoms with Gasteiger partial charge in [-0.2, -0.15) is 0 Å². The van der Waals surface area contributed by atoms with Crippen molar-refractivity contribution in [3.63, 3.8) is 0 Å². The Morgan fingerprint density at radius 3 is 2.71 bits per heavy atom. The maximum Gasteiger partial charge on any atom is 0.225 e. The fourth-order valence-electron chi connectivity index (χ4n) is 3.19. The molecule has 126 valence electrons. The van der Waals surface area contributed by atoms with E-state index in [9.17, 15) is 9.18 Å². The van der Waals surface area contributed by atoms with E-state index in [-0.39, 0.29) is 29.6 Å². The molecule has 0 spiro atoms. The molecule has 3 rings (SSSR count). The second kappa shape index (κ2) is 7.32. The predicted molar refractivity (Wildman–Crippen MR) is 93.5 cm³/mol. The van der Waals surface area contributed by atoms with Gasteiger partial charge in [-0.1, -0.05) is 35.9 Å². The predicted octanol–water partition coefficient (Wildman–Crippen LogP) is 3.66. The Balaban J connectivity index is 1.70. The number of benzene rings is 2. The Hall–Kier alpha value is -1.91. The van der Waals surface area contributed by atoms with E-state index in [1.165, 1.54) is 12.1 Å². The van der Waals surface area contributed by atoms with Gasteiger partial charge in [-0.05, 0) is 42.3 Å². The van der Waals surface area contributed by atoms with Crippen LogP contribution < -0.4 is 10.6 Å². The first-order valence-corrected chi connectivity index (χ1v) is 8.44. The van der Waals surface area contributed by atoms with Crippen molar-refractivity contribution in [2.45, 2.75) is 18.9 Å². The SMILES string of the molecule is C[C@H](NC(=O)[C@H]1CNC[C@@H]1c1ccc(Cl)cc1)c1cccc(F)c1. The number of carbonyl (C=O) groups is 1. The van der Waals surface area contributed by atoms with Crippen molar-refractivity contribution in [1.29, 1.82) is 0 Å². The fourth-order valence-corrected chi connectivity index (χ4v) is 3.32. The molecule has 24 heavy (non-hydrogen) atoms. The lowest BCUT2D eigenvalue weighted by Gasteiger charge is -2.22. The van der Waals surface area contributed by atoms with E-state index in [0.29, 0.717) is 11.6 Å². The Morgan fingerprint density at radius 1 is 1.25 bits per heavy atom. The molecular formula is C19H20ClFN2O. The van der Waals surface area contributed by atoms with Gasteiger partial charge in [0.05, 0.1) is 12.0 Å². The van der Waals surface area contributed by atoms with Crippen LogP contribution in [-0.4, -0.2) is 19.0 Å². The minimum absolute atomic E-state index is 0.0169. The summed E-state index contributed by atoms with van der Waals surface area (Å²) >= 11 is 5.94. The molecule has 1 aliphatic rings. The van der Waals surface area contributed by atoms with Crippen LogP contribution in [-0.2, 0) is 4.79 Å². The van der Waals surface area contributed by atoms with Gasteiger partial charge in [0.1, 0.15) is 5.82 Å². The highest BCUT2D eigenvalue weighted by atomic mass is 35.5. The summed E-state index contributed by atoms with van der Waals surface area (Å²) in [5.41, 5.74) is 1.86. The van der Waals surface area contributed by atoms with E-state index in [0.717, 1.165) is 17.7 Å². The lowest BCUT2D eigenvalue weighted by Crippen LogP contribution is -2.36. The molecule has 1 fully saturated rings. The standard InChI is InChI=1S/C19H20ClFN2O/c1-12(14-3-2-4-16(21)9-14)23-19(24)18-11-22-10-17(18)13-5-7-15(20)8-6-13/h2-9,12,17-18,22H,10-11H2,1H3,(H,23,24)/t12-,17+,18-/m0/s1. The highest BCUT2D eigenvalue weighted by Crippen LogP contribution is 2.29. The van der Waals surface area contributed by atoms with Gasteiger partial charge in [-0.25, -0.2) is 4.39 Å². The summed E-state index contributed by atoms with van der Waals surface area (Å²) in [5.74, 6) is -0.351. The number of hydrogen-bond donors (Lipinski definition) is 2. The summed E-state index contributed by atoms with van der Waals surface area (Å²) in [7, 11) is 0. The summed E-state index contributed by atoms with van der Waals surface area (Å²) in [6.45, 7) is 3.26. The highest BCUT2D eigenvalue weighted by Gasteiger charge is 2.34. The van der Waals surface area contributed by atoms with Crippen LogP contribution in [0, 0.1) is 11.7 Å². The molecule has 5 heteroatoms. The summed E-state index contributed by atoms with van der Waals surface area (Å²) in [5, 5.41) is 6.98. The van der Waals surface area contributed by atoms with E-state index < -0.39 is 0 Å². The zero-order valence-electron chi connectivity index (χ0n) is 13.4. The van der Waals surface area contributed by atoms with Crippen LogP contribution in [0.5, 0.6) is 0 Å². The van der Waals surface area contributed by atoms with Gasteiger partial charge in [0.25, 0.3) is 0 Å². The minimum Gasteiger partial charge on any atom is -0.349 e. The summed E-state index contributed by atoms with van der Waals surface area (Å²) in [4.78, 5) is 12.7. The van der Waals surface area contributed by atoms with Gasteiger partial charge in [-0.15, -0.1) is 0 Å². The van der Waals surface area contributed by atoms with Crippen molar-refractivity contribution >= 4 is 17.5 Å². The maximum absolute atomic E-state index is 13.3. The van der Waals surface area contributed by atoms with Gasteiger partial charge in [-0.3, -0.25) is 4.79 Å². The first kappa shape index (κ1) is 16.9. The highest BCUT2D eigenvalue weighted by molar-refractivity contribution is 6.30. The van der Waals surface area contributed by atoms with Crippen molar-refractivity contribution < 1.29 is 9.18 Å². The molecule has 3 nitrogen and oxygen atoms in total. The van der Waals surface area contributed by atoms with Crippen molar-refractivity contribution in [3.05, 3.63) is 70.5 Å². The Labute approximate surface area is 146 Å². The van der Waals surface area contributed by atoms with Crippen LogP contribution in [0.1, 0.15) is 30.0 Å². The molecule has 0 unspecified atom stereocenters. The quantitative estimate of drug-likeness (QED) is 0.887. The Morgan fingerprint density at radius 2 is 2.00 bits per heavy atom. The first-order valence-electron chi connectivity index (χ1n) is 8.06. The molecule has 1 amide bonds. The van der Waals surface area contributed by atoms with Crippen LogP contribution >= 0.6 is 11.6 Å². The molecule has 0 bridgehead atoms. The van der Waals surface area contributed by atoms with Gasteiger partial charge in [0, 0.05) is 24.0 Å². The fraction of sp³-hybridized carbons (Fsp3) is 0.316. The third-order valence-electron chi connectivity index (χ3n) is 4.56. The largest absolute Gasteiger partial charge is 0.349 e. The smallest absolute Gasteiger partial charge is 0.225 e. The minimum atomic E-state index is -0.296. The summed E-state index contributed by atoms with van der Waals surface area (Å²) < 4.78 is 13.3. The van der Waals surface area contributed by atoms with Crippen molar-refractivity contribution in [1.82, 2.24) is 10.6 Å². The number of carbonyl (C=O) groups excluding carboxylic acids is 1. The summed E-state index contributed by atoms with van der Waals surface area (Å²) in [6.07, 6.45) is 0. The van der Waals surface area contributed by atoms with Crippen LogP contribution in [0.25, 0.3) is 0 Å². The molecule has 2 aromatic rings. The topological polar surface area (TPSA) is 41.1 Å². The van der Waals surface area contributed by atoms with Crippen LogP contribution in [0.2, 0.25) is 5.02 Å². The second-order valence-electron chi connectivity index (χ2n) is 6.21. The third kappa shape index (κ3) is 3.77. The lowest BCUT2D eigenvalue weighted by molar-refractivity contribution is -0.125. The molecule has 1 heterocycles. The molecule has 0 radical (unpaired) electrons. The zero-order valence-corrected chi connectivity index (χ0v) is 14.2. The van der Waals surface area contributed by atoms with Crippen LogP contribution in [0.3, 0.4) is 0 Å². The van der Waals surface area contributed by atoms with Gasteiger partial charge < -0.3 is 10.6 Å². The lowest BCUT2D eigenvalue weighted by atomic mass is 9.88. The molecule has 3 atom stereocenters. The molecule has 1 aliphatic heterocycles. The monoisotopic (exact) mass is 346 g/mol. The molecule has 2 N–H and O–H groups in total. The Kier molecular flexibility index (Phi) is 5.17. The Bertz CT molecular complexity index is 720.